The molecule has 0 aliphatic rings. The minimum absolute atomic E-state index is 0.206. The number of fused-ring (bicyclic) bond motifs is 1. The molecule has 0 spiro atoms. The number of hydrogen-bond donors (Lipinski definition) is 1. The van der Waals surface area contributed by atoms with E-state index in [0.717, 1.165) is 20.9 Å². The Labute approximate surface area is 182 Å². The first-order valence-corrected chi connectivity index (χ1v) is 10.1. The van der Waals surface area contributed by atoms with Crippen molar-refractivity contribution < 1.29 is 14.3 Å². The Morgan fingerprint density at radius 2 is 1.63 bits per heavy atom. The predicted octanol–water partition coefficient (Wildman–Crippen LogP) is 5.93. The SMILES string of the molecule is COc1ccc(-c2cc(C(=O)Nc3ccccc3Br)c3ccccc3n2)cc1OC. The number of hydrogen-bond acceptors (Lipinski definition) is 4. The highest BCUT2D eigenvalue weighted by Gasteiger charge is 2.16. The van der Waals surface area contributed by atoms with Crippen LogP contribution in [0.3, 0.4) is 0 Å². The molecule has 0 radical (unpaired) electrons. The zero-order valence-corrected chi connectivity index (χ0v) is 18.1. The lowest BCUT2D eigenvalue weighted by Gasteiger charge is -2.13. The average molecular weight is 463 g/mol. The molecule has 0 aliphatic heterocycles. The molecule has 1 N–H and O–H groups in total. The first-order valence-electron chi connectivity index (χ1n) is 9.29. The predicted molar refractivity (Wildman–Crippen MR) is 122 cm³/mol. The van der Waals surface area contributed by atoms with E-state index in [9.17, 15) is 4.79 Å². The molecule has 0 bridgehead atoms. The van der Waals surface area contributed by atoms with Gasteiger partial charge in [-0.1, -0.05) is 30.3 Å². The van der Waals surface area contributed by atoms with Crippen molar-refractivity contribution in [1.29, 1.82) is 0 Å². The molecule has 1 heterocycles. The standard InChI is InChI=1S/C24H19BrN2O3/c1-29-22-12-11-15(13-23(22)30-2)21-14-17(16-7-3-5-9-19(16)26-21)24(28)27-20-10-6-4-8-18(20)25/h3-14H,1-2H3,(H,27,28). The summed E-state index contributed by atoms with van der Waals surface area (Å²) in [5.41, 5.74) is 3.49. The number of aromatic nitrogens is 1. The van der Waals surface area contributed by atoms with Gasteiger partial charge in [0.15, 0.2) is 11.5 Å². The number of carbonyl (C=O) groups is 1. The van der Waals surface area contributed by atoms with Crippen LogP contribution in [0.2, 0.25) is 0 Å². The van der Waals surface area contributed by atoms with Gasteiger partial charge in [-0.3, -0.25) is 4.79 Å². The fraction of sp³-hybridized carbons (Fsp3) is 0.0833. The highest BCUT2D eigenvalue weighted by molar-refractivity contribution is 9.10. The third-order valence-corrected chi connectivity index (χ3v) is 5.45. The first kappa shape index (κ1) is 19.9. The number of anilines is 1. The minimum atomic E-state index is -0.206. The van der Waals surface area contributed by atoms with E-state index in [1.165, 1.54) is 0 Å². The quantitative estimate of drug-likeness (QED) is 0.398. The summed E-state index contributed by atoms with van der Waals surface area (Å²) in [6, 6.07) is 22.5. The second-order valence-electron chi connectivity index (χ2n) is 6.58. The molecule has 5 nitrogen and oxygen atoms in total. The van der Waals surface area contributed by atoms with Crippen molar-refractivity contribution in [3.05, 3.63) is 82.8 Å². The Balaban J connectivity index is 1.82. The largest absolute Gasteiger partial charge is 0.493 e. The monoisotopic (exact) mass is 462 g/mol. The Morgan fingerprint density at radius 3 is 2.40 bits per heavy atom. The molecule has 0 atom stereocenters. The van der Waals surface area contributed by atoms with Crippen LogP contribution in [-0.4, -0.2) is 25.1 Å². The van der Waals surface area contributed by atoms with Crippen LogP contribution in [0.4, 0.5) is 5.69 Å². The van der Waals surface area contributed by atoms with Crippen LogP contribution >= 0.6 is 15.9 Å². The molecule has 3 aromatic carbocycles. The number of ether oxygens (including phenoxy) is 2. The third kappa shape index (κ3) is 3.86. The van der Waals surface area contributed by atoms with Crippen LogP contribution < -0.4 is 14.8 Å². The van der Waals surface area contributed by atoms with E-state index in [0.29, 0.717) is 28.4 Å². The highest BCUT2D eigenvalue weighted by Crippen LogP contribution is 2.33. The van der Waals surface area contributed by atoms with Crippen LogP contribution in [0.15, 0.2) is 77.3 Å². The van der Waals surface area contributed by atoms with Crippen LogP contribution in [0.5, 0.6) is 11.5 Å². The van der Waals surface area contributed by atoms with Gasteiger partial charge in [-0.15, -0.1) is 0 Å². The van der Waals surface area contributed by atoms with Gasteiger partial charge in [0, 0.05) is 15.4 Å². The summed E-state index contributed by atoms with van der Waals surface area (Å²) in [4.78, 5) is 17.9. The Kier molecular flexibility index (Phi) is 5.68. The van der Waals surface area contributed by atoms with Gasteiger partial charge < -0.3 is 14.8 Å². The molecule has 150 valence electrons. The fourth-order valence-electron chi connectivity index (χ4n) is 3.26. The van der Waals surface area contributed by atoms with E-state index >= 15 is 0 Å². The maximum Gasteiger partial charge on any atom is 0.256 e. The normalized spacial score (nSPS) is 10.6. The summed E-state index contributed by atoms with van der Waals surface area (Å²) >= 11 is 3.47. The van der Waals surface area contributed by atoms with Crippen molar-refractivity contribution in [3.8, 4) is 22.8 Å². The molecule has 4 aromatic rings. The summed E-state index contributed by atoms with van der Waals surface area (Å²) in [7, 11) is 3.18. The maximum absolute atomic E-state index is 13.2. The molecule has 0 unspecified atom stereocenters. The van der Waals surface area contributed by atoms with Gasteiger partial charge in [-0.05, 0) is 58.4 Å². The Bertz CT molecular complexity index is 1240. The van der Waals surface area contributed by atoms with Crippen LogP contribution in [-0.2, 0) is 0 Å². The number of benzene rings is 3. The highest BCUT2D eigenvalue weighted by atomic mass is 79.9. The summed E-state index contributed by atoms with van der Waals surface area (Å²) in [5, 5.41) is 3.76. The number of amides is 1. The van der Waals surface area contributed by atoms with Gasteiger partial charge >= 0.3 is 0 Å². The molecule has 6 heteroatoms. The van der Waals surface area contributed by atoms with Crippen molar-refractivity contribution >= 4 is 38.4 Å². The molecular weight excluding hydrogens is 444 g/mol. The molecule has 30 heavy (non-hydrogen) atoms. The summed E-state index contributed by atoms with van der Waals surface area (Å²) in [5.74, 6) is 1.03. The first-order chi connectivity index (χ1) is 14.6. The zero-order valence-electron chi connectivity index (χ0n) is 16.5. The average Bonchev–Trinajstić information content (AvgIpc) is 2.79. The smallest absolute Gasteiger partial charge is 0.256 e. The van der Waals surface area contributed by atoms with Gasteiger partial charge in [-0.2, -0.15) is 0 Å². The molecule has 0 saturated heterocycles. The molecule has 0 aliphatic carbocycles. The van der Waals surface area contributed by atoms with Gasteiger partial charge in [-0.25, -0.2) is 4.98 Å². The Hall–Kier alpha value is -3.38. The second kappa shape index (κ2) is 8.55. The van der Waals surface area contributed by atoms with E-state index in [1.54, 1.807) is 20.3 Å². The van der Waals surface area contributed by atoms with E-state index in [1.807, 2.05) is 66.7 Å². The van der Waals surface area contributed by atoms with E-state index < -0.39 is 0 Å². The topological polar surface area (TPSA) is 60.5 Å². The molecule has 1 amide bonds. The lowest BCUT2D eigenvalue weighted by molar-refractivity contribution is 0.102. The number of nitrogens with one attached hydrogen (secondary N) is 1. The van der Waals surface area contributed by atoms with Crippen molar-refractivity contribution in [2.24, 2.45) is 0 Å². The summed E-state index contributed by atoms with van der Waals surface area (Å²) in [6.45, 7) is 0. The molecule has 4 rings (SSSR count). The van der Waals surface area contributed by atoms with E-state index in [4.69, 9.17) is 14.5 Å². The van der Waals surface area contributed by atoms with Crippen molar-refractivity contribution in [1.82, 2.24) is 4.98 Å². The number of methoxy groups -OCH3 is 2. The van der Waals surface area contributed by atoms with Crippen LogP contribution in [0.25, 0.3) is 22.2 Å². The van der Waals surface area contributed by atoms with Gasteiger partial charge in [0.05, 0.1) is 36.7 Å². The van der Waals surface area contributed by atoms with Crippen LogP contribution in [0.1, 0.15) is 10.4 Å². The maximum atomic E-state index is 13.2. The Morgan fingerprint density at radius 1 is 0.900 bits per heavy atom. The van der Waals surface area contributed by atoms with Gasteiger partial charge in [0.25, 0.3) is 5.91 Å². The molecule has 0 saturated carbocycles. The van der Waals surface area contributed by atoms with Crippen molar-refractivity contribution in [2.45, 2.75) is 0 Å². The van der Waals surface area contributed by atoms with Crippen molar-refractivity contribution in [3.63, 3.8) is 0 Å². The van der Waals surface area contributed by atoms with Crippen molar-refractivity contribution in [2.75, 3.05) is 19.5 Å². The second-order valence-corrected chi connectivity index (χ2v) is 7.43. The van der Waals surface area contributed by atoms with Crippen LogP contribution in [0, 0.1) is 0 Å². The number of pyridine rings is 1. The van der Waals surface area contributed by atoms with Gasteiger partial charge in [0.1, 0.15) is 0 Å². The number of halogens is 1. The molecule has 0 fully saturated rings. The van der Waals surface area contributed by atoms with E-state index in [-0.39, 0.29) is 5.91 Å². The molecule has 1 aromatic heterocycles. The zero-order chi connectivity index (χ0) is 21.1. The molecular formula is C24H19BrN2O3. The number of nitrogens with zero attached hydrogens (tertiary/aromatic N) is 1. The number of rotatable bonds is 5. The minimum Gasteiger partial charge on any atom is -0.493 e. The van der Waals surface area contributed by atoms with E-state index in [2.05, 4.69) is 21.2 Å². The summed E-state index contributed by atoms with van der Waals surface area (Å²) < 4.78 is 11.6. The fourth-order valence-corrected chi connectivity index (χ4v) is 3.64. The lowest BCUT2D eigenvalue weighted by atomic mass is 10.0. The number of carbonyl (C=O) groups excluding carboxylic acids is 1. The van der Waals surface area contributed by atoms with Gasteiger partial charge in [0.2, 0.25) is 0 Å². The lowest BCUT2D eigenvalue weighted by Crippen LogP contribution is -2.13. The summed E-state index contributed by atoms with van der Waals surface area (Å²) in [6.07, 6.45) is 0. The third-order valence-electron chi connectivity index (χ3n) is 4.76. The number of para-hydroxylation sites is 2.